The summed E-state index contributed by atoms with van der Waals surface area (Å²) in [5.41, 5.74) is 5.25. The molecule has 0 radical (unpaired) electrons. The molecule has 4 nitrogen and oxygen atoms in total. The summed E-state index contributed by atoms with van der Waals surface area (Å²) in [5.74, 6) is 1.07. The molecule has 37 heavy (non-hydrogen) atoms. The lowest BCUT2D eigenvalue weighted by Crippen LogP contribution is -2.25. The zero-order valence-corrected chi connectivity index (χ0v) is 20.6. The van der Waals surface area contributed by atoms with Crippen molar-refractivity contribution in [1.82, 2.24) is 0 Å². The van der Waals surface area contributed by atoms with Crippen LogP contribution in [0.25, 0.3) is 0 Å². The Kier molecular flexibility index (Phi) is 7.80. The van der Waals surface area contributed by atoms with Crippen molar-refractivity contribution < 1.29 is 20.4 Å². The van der Waals surface area contributed by atoms with Gasteiger partial charge in [-0.05, 0) is 89.7 Å². The van der Waals surface area contributed by atoms with E-state index in [-0.39, 0.29) is 28.4 Å². The van der Waals surface area contributed by atoms with Gasteiger partial charge in [-0.1, -0.05) is 78.9 Å². The Balaban J connectivity index is 0.000000186. The van der Waals surface area contributed by atoms with Crippen LogP contribution < -0.4 is 0 Å². The molecule has 0 amide bonds. The van der Waals surface area contributed by atoms with Gasteiger partial charge in [0.2, 0.25) is 0 Å². The highest BCUT2D eigenvalue weighted by Gasteiger charge is 2.30. The highest BCUT2D eigenvalue weighted by Crippen LogP contribution is 2.39. The van der Waals surface area contributed by atoms with E-state index in [2.05, 4.69) is 19.1 Å². The summed E-state index contributed by atoms with van der Waals surface area (Å²) >= 11 is 0. The van der Waals surface area contributed by atoms with Gasteiger partial charge in [0.05, 0.1) is 0 Å². The Labute approximate surface area is 217 Å². The zero-order valence-electron chi connectivity index (χ0n) is 20.6. The molecular weight excluding hydrogens is 460 g/mol. The molecule has 0 spiro atoms. The summed E-state index contributed by atoms with van der Waals surface area (Å²) in [6.45, 7) is 2.15. The first-order chi connectivity index (χ1) is 17.8. The van der Waals surface area contributed by atoms with Gasteiger partial charge in [-0.3, -0.25) is 0 Å². The fourth-order valence-corrected chi connectivity index (χ4v) is 4.32. The Hall–Kier alpha value is -4.70. The van der Waals surface area contributed by atoms with E-state index in [9.17, 15) is 10.2 Å². The third-order valence-corrected chi connectivity index (χ3v) is 6.52. The van der Waals surface area contributed by atoms with Crippen molar-refractivity contribution in [2.75, 3.05) is 0 Å². The molecule has 0 saturated heterocycles. The molecule has 0 bridgehead atoms. The maximum atomic E-state index is 9.57. The first-order valence-corrected chi connectivity index (χ1v) is 12.0. The topological polar surface area (TPSA) is 80.9 Å². The highest BCUT2D eigenvalue weighted by atomic mass is 16.3. The molecule has 0 unspecified atom stereocenters. The second kappa shape index (κ2) is 11.4. The van der Waals surface area contributed by atoms with Crippen LogP contribution in [-0.4, -0.2) is 20.4 Å². The summed E-state index contributed by atoms with van der Waals surface area (Å²) in [4.78, 5) is 0. The van der Waals surface area contributed by atoms with Gasteiger partial charge in [-0.2, -0.15) is 0 Å². The van der Waals surface area contributed by atoms with Gasteiger partial charge >= 0.3 is 0 Å². The van der Waals surface area contributed by atoms with Gasteiger partial charge in [0, 0.05) is 5.41 Å². The van der Waals surface area contributed by atoms with Crippen LogP contribution in [0, 0.1) is 0 Å². The van der Waals surface area contributed by atoms with Gasteiger partial charge in [0.15, 0.2) is 0 Å². The van der Waals surface area contributed by atoms with Crippen molar-refractivity contribution in [2.24, 2.45) is 0 Å². The smallest absolute Gasteiger partial charge is 0.115 e. The standard InChI is InChI=1S/C20H18O2.C13H12O2/c1-20(15-5-3-2-4-6-15,16-7-11-18(21)12-8-16)17-9-13-19(22)14-10-17;14-12-5-1-10(2-6-12)9-11-3-7-13(15)8-4-11/h2-14,21-22H,1H3;1-8,14-15H,9H2. The molecule has 0 atom stereocenters. The number of hydrogen-bond donors (Lipinski definition) is 4. The van der Waals surface area contributed by atoms with E-state index in [1.54, 1.807) is 48.5 Å². The third-order valence-electron chi connectivity index (χ3n) is 6.52. The van der Waals surface area contributed by atoms with Crippen LogP contribution in [0.2, 0.25) is 0 Å². The molecule has 5 rings (SSSR count). The van der Waals surface area contributed by atoms with Crippen molar-refractivity contribution in [3.05, 3.63) is 155 Å². The van der Waals surface area contributed by atoms with Crippen LogP contribution >= 0.6 is 0 Å². The maximum absolute atomic E-state index is 9.57. The highest BCUT2D eigenvalue weighted by molar-refractivity contribution is 5.51. The van der Waals surface area contributed by atoms with Crippen molar-refractivity contribution in [3.63, 3.8) is 0 Å². The second-order valence-corrected chi connectivity index (χ2v) is 9.09. The summed E-state index contributed by atoms with van der Waals surface area (Å²) in [5, 5.41) is 37.4. The Morgan fingerprint density at radius 2 is 0.703 bits per heavy atom. The molecule has 5 aromatic carbocycles. The molecule has 0 aliphatic rings. The largest absolute Gasteiger partial charge is 0.508 e. The van der Waals surface area contributed by atoms with Crippen LogP contribution in [0.4, 0.5) is 0 Å². The van der Waals surface area contributed by atoms with Gasteiger partial charge < -0.3 is 20.4 Å². The minimum absolute atomic E-state index is 0.255. The summed E-state index contributed by atoms with van der Waals surface area (Å²) in [6.07, 6.45) is 0.806. The maximum Gasteiger partial charge on any atom is 0.115 e. The molecular formula is C33H30O4. The van der Waals surface area contributed by atoms with Crippen molar-refractivity contribution in [3.8, 4) is 23.0 Å². The SMILES string of the molecule is CC(c1ccccc1)(c1ccc(O)cc1)c1ccc(O)cc1.Oc1ccc(Cc2ccc(O)cc2)cc1. The van der Waals surface area contributed by atoms with Crippen LogP contribution in [0.5, 0.6) is 23.0 Å². The molecule has 0 aliphatic carbocycles. The van der Waals surface area contributed by atoms with Crippen LogP contribution in [0.1, 0.15) is 34.7 Å². The minimum atomic E-state index is -0.358. The molecule has 0 fully saturated rings. The lowest BCUT2D eigenvalue weighted by Gasteiger charge is -2.32. The number of benzene rings is 5. The first-order valence-electron chi connectivity index (χ1n) is 12.0. The number of phenols is 4. The summed E-state index contributed by atoms with van der Waals surface area (Å²) in [7, 11) is 0. The van der Waals surface area contributed by atoms with Gasteiger partial charge in [0.1, 0.15) is 23.0 Å². The average Bonchev–Trinajstić information content (AvgIpc) is 2.92. The normalized spacial score (nSPS) is 10.8. The van der Waals surface area contributed by atoms with E-state index in [1.807, 2.05) is 66.7 Å². The zero-order chi connectivity index (χ0) is 26.3. The lowest BCUT2D eigenvalue weighted by molar-refractivity contribution is 0.473. The molecule has 0 aromatic heterocycles. The number of aromatic hydroxyl groups is 4. The molecule has 0 heterocycles. The monoisotopic (exact) mass is 490 g/mol. The Bertz CT molecular complexity index is 1300. The van der Waals surface area contributed by atoms with Gasteiger partial charge in [-0.15, -0.1) is 0 Å². The fourth-order valence-electron chi connectivity index (χ4n) is 4.32. The fraction of sp³-hybridized carbons (Fsp3) is 0.0909. The number of hydrogen-bond acceptors (Lipinski definition) is 4. The summed E-state index contributed by atoms with van der Waals surface area (Å²) in [6, 6.07) is 39.1. The molecule has 0 saturated carbocycles. The second-order valence-electron chi connectivity index (χ2n) is 9.09. The molecule has 4 N–H and O–H groups in total. The van der Waals surface area contributed by atoms with E-state index >= 15 is 0 Å². The minimum Gasteiger partial charge on any atom is -0.508 e. The van der Waals surface area contributed by atoms with Gasteiger partial charge in [0.25, 0.3) is 0 Å². The Morgan fingerprint density at radius 3 is 1.05 bits per heavy atom. The van der Waals surface area contributed by atoms with E-state index in [0.29, 0.717) is 0 Å². The van der Waals surface area contributed by atoms with Crippen molar-refractivity contribution in [1.29, 1.82) is 0 Å². The summed E-state index contributed by atoms with van der Waals surface area (Å²) < 4.78 is 0. The van der Waals surface area contributed by atoms with E-state index in [0.717, 1.165) is 34.2 Å². The van der Waals surface area contributed by atoms with E-state index in [4.69, 9.17) is 10.2 Å². The predicted molar refractivity (Wildman–Crippen MR) is 147 cm³/mol. The molecule has 5 aromatic rings. The van der Waals surface area contributed by atoms with Crippen LogP contribution in [0.3, 0.4) is 0 Å². The van der Waals surface area contributed by atoms with Crippen molar-refractivity contribution in [2.45, 2.75) is 18.8 Å². The quantitative estimate of drug-likeness (QED) is 0.197. The van der Waals surface area contributed by atoms with Crippen LogP contribution in [0.15, 0.2) is 127 Å². The average molecular weight is 491 g/mol. The Morgan fingerprint density at radius 1 is 0.405 bits per heavy atom. The molecule has 0 aliphatic heterocycles. The van der Waals surface area contributed by atoms with Crippen LogP contribution in [-0.2, 0) is 11.8 Å². The first kappa shape index (κ1) is 25.4. The lowest BCUT2D eigenvalue weighted by atomic mass is 9.71. The number of rotatable bonds is 5. The molecule has 4 heteroatoms. The number of phenolic OH excluding ortho intramolecular Hbond substituents is 4. The third kappa shape index (κ3) is 6.30. The van der Waals surface area contributed by atoms with E-state index < -0.39 is 0 Å². The molecule has 186 valence electrons. The predicted octanol–water partition coefficient (Wildman–Crippen LogP) is 7.14. The van der Waals surface area contributed by atoms with Gasteiger partial charge in [-0.25, -0.2) is 0 Å². The van der Waals surface area contributed by atoms with E-state index in [1.165, 1.54) is 0 Å². The van der Waals surface area contributed by atoms with Crippen molar-refractivity contribution >= 4 is 0 Å².